The van der Waals surface area contributed by atoms with E-state index in [1.807, 2.05) is 48.5 Å². The lowest BCUT2D eigenvalue weighted by molar-refractivity contribution is -0.119. The maximum Gasteiger partial charge on any atom is 0.227 e. The monoisotopic (exact) mass is 325 g/mol. The molecule has 0 atom stereocenters. The van der Waals surface area contributed by atoms with Crippen LogP contribution in [0.1, 0.15) is 13.3 Å². The van der Waals surface area contributed by atoms with Gasteiger partial charge in [-0.1, -0.05) is 25.1 Å². The van der Waals surface area contributed by atoms with Crippen molar-refractivity contribution in [2.24, 2.45) is 0 Å². The molecular formula is C17H15N3O2S. The van der Waals surface area contributed by atoms with Crippen molar-refractivity contribution in [2.75, 3.05) is 5.32 Å². The molecule has 6 heteroatoms. The van der Waals surface area contributed by atoms with E-state index in [1.165, 1.54) is 0 Å². The molecule has 2 N–H and O–H groups in total. The first-order valence-electron chi connectivity index (χ1n) is 7.22. The van der Waals surface area contributed by atoms with Crippen molar-refractivity contribution in [1.29, 1.82) is 0 Å². The number of aromatic nitrogens is 1. The Labute approximate surface area is 138 Å². The third-order valence-corrected chi connectivity index (χ3v) is 3.44. The van der Waals surface area contributed by atoms with E-state index in [-0.39, 0.29) is 11.0 Å². The van der Waals surface area contributed by atoms with Gasteiger partial charge in [-0.2, -0.15) is 0 Å². The van der Waals surface area contributed by atoms with Crippen LogP contribution in [0.5, 0.6) is 0 Å². The summed E-state index contributed by atoms with van der Waals surface area (Å²) >= 11 is 5.10. The van der Waals surface area contributed by atoms with E-state index in [4.69, 9.17) is 16.6 Å². The van der Waals surface area contributed by atoms with Crippen LogP contribution >= 0.6 is 12.2 Å². The van der Waals surface area contributed by atoms with Crippen molar-refractivity contribution in [3.05, 3.63) is 48.5 Å². The molecule has 5 nitrogen and oxygen atoms in total. The van der Waals surface area contributed by atoms with Gasteiger partial charge in [0.15, 0.2) is 10.7 Å². The van der Waals surface area contributed by atoms with Crippen LogP contribution in [-0.2, 0) is 4.79 Å². The van der Waals surface area contributed by atoms with Crippen LogP contribution in [0, 0.1) is 0 Å². The predicted molar refractivity (Wildman–Crippen MR) is 94.1 cm³/mol. The zero-order valence-corrected chi connectivity index (χ0v) is 13.3. The van der Waals surface area contributed by atoms with Crippen molar-refractivity contribution in [2.45, 2.75) is 13.3 Å². The van der Waals surface area contributed by atoms with Gasteiger partial charge in [0.25, 0.3) is 0 Å². The summed E-state index contributed by atoms with van der Waals surface area (Å²) in [6.45, 7) is 1.77. The van der Waals surface area contributed by atoms with E-state index in [1.54, 1.807) is 6.92 Å². The molecule has 0 unspecified atom stereocenters. The first kappa shape index (κ1) is 15.2. The molecule has 3 aromatic rings. The minimum atomic E-state index is -0.128. The number of hydrogen-bond donors (Lipinski definition) is 2. The molecule has 0 aliphatic rings. The fraction of sp³-hybridized carbons (Fsp3) is 0.118. The first-order chi connectivity index (χ1) is 11.2. The SMILES string of the molecule is CCC(=O)NC(=S)Nc1ccc2oc(-c3ccccc3)nc2c1. The van der Waals surface area contributed by atoms with Gasteiger partial charge in [-0.15, -0.1) is 0 Å². The molecule has 0 bridgehead atoms. The molecule has 116 valence electrons. The molecule has 1 aromatic heterocycles. The van der Waals surface area contributed by atoms with E-state index < -0.39 is 0 Å². The Balaban J connectivity index is 1.82. The molecule has 0 aliphatic heterocycles. The number of anilines is 1. The van der Waals surface area contributed by atoms with Crippen LogP contribution < -0.4 is 10.6 Å². The van der Waals surface area contributed by atoms with Gasteiger partial charge < -0.3 is 15.1 Å². The zero-order chi connectivity index (χ0) is 16.2. The van der Waals surface area contributed by atoms with Crippen molar-refractivity contribution >= 4 is 40.0 Å². The second-order valence-electron chi connectivity index (χ2n) is 4.92. The summed E-state index contributed by atoms with van der Waals surface area (Å²) in [5.74, 6) is 0.441. The summed E-state index contributed by atoms with van der Waals surface area (Å²) in [5.41, 5.74) is 3.08. The van der Waals surface area contributed by atoms with Crippen LogP contribution in [0.4, 0.5) is 5.69 Å². The van der Waals surface area contributed by atoms with Gasteiger partial charge in [-0.3, -0.25) is 4.79 Å². The predicted octanol–water partition coefficient (Wildman–Crippen LogP) is 3.72. The number of amides is 1. The van der Waals surface area contributed by atoms with Gasteiger partial charge in [-0.25, -0.2) is 4.98 Å². The number of thiocarbonyl (C=S) groups is 1. The molecule has 0 fully saturated rings. The van der Waals surface area contributed by atoms with Gasteiger partial charge in [0.2, 0.25) is 11.8 Å². The lowest BCUT2D eigenvalue weighted by atomic mass is 10.2. The summed E-state index contributed by atoms with van der Waals surface area (Å²) in [6, 6.07) is 15.2. The highest BCUT2D eigenvalue weighted by Crippen LogP contribution is 2.25. The normalized spacial score (nSPS) is 10.5. The molecule has 0 saturated heterocycles. The number of carbonyl (C=O) groups excluding carboxylic acids is 1. The molecule has 0 radical (unpaired) electrons. The van der Waals surface area contributed by atoms with Crippen LogP contribution in [0.25, 0.3) is 22.6 Å². The summed E-state index contributed by atoms with van der Waals surface area (Å²) in [6.07, 6.45) is 0.380. The van der Waals surface area contributed by atoms with Crippen LogP contribution in [0.2, 0.25) is 0 Å². The lowest BCUT2D eigenvalue weighted by Crippen LogP contribution is -2.33. The molecule has 0 aliphatic carbocycles. The summed E-state index contributed by atoms with van der Waals surface area (Å²) in [7, 11) is 0. The third kappa shape index (κ3) is 3.54. The number of nitrogens with one attached hydrogen (secondary N) is 2. The maximum absolute atomic E-state index is 11.3. The summed E-state index contributed by atoms with van der Waals surface area (Å²) < 4.78 is 5.75. The van der Waals surface area contributed by atoms with Gasteiger partial charge in [0, 0.05) is 17.7 Å². The number of oxazole rings is 1. The van der Waals surface area contributed by atoms with Crippen molar-refractivity contribution in [1.82, 2.24) is 10.3 Å². The Morgan fingerprint density at radius 3 is 2.74 bits per heavy atom. The molecule has 2 aromatic carbocycles. The van der Waals surface area contributed by atoms with Crippen molar-refractivity contribution < 1.29 is 9.21 Å². The van der Waals surface area contributed by atoms with Gasteiger partial charge in [-0.05, 0) is 42.5 Å². The second kappa shape index (κ2) is 6.58. The largest absolute Gasteiger partial charge is 0.436 e. The Hall–Kier alpha value is -2.73. The van der Waals surface area contributed by atoms with Crippen molar-refractivity contribution in [3.63, 3.8) is 0 Å². The molecule has 1 amide bonds. The average molecular weight is 325 g/mol. The Morgan fingerprint density at radius 1 is 1.22 bits per heavy atom. The van der Waals surface area contributed by atoms with E-state index in [2.05, 4.69) is 15.6 Å². The number of rotatable bonds is 3. The fourth-order valence-corrected chi connectivity index (χ4v) is 2.32. The highest BCUT2D eigenvalue weighted by atomic mass is 32.1. The molecular weight excluding hydrogens is 310 g/mol. The maximum atomic E-state index is 11.3. The number of fused-ring (bicyclic) bond motifs is 1. The Kier molecular flexibility index (Phi) is 4.34. The van der Waals surface area contributed by atoms with Crippen molar-refractivity contribution in [3.8, 4) is 11.5 Å². The van der Waals surface area contributed by atoms with Gasteiger partial charge in [0.05, 0.1) is 0 Å². The van der Waals surface area contributed by atoms with Gasteiger partial charge in [0.1, 0.15) is 5.52 Å². The van der Waals surface area contributed by atoms with Crippen LogP contribution in [0.15, 0.2) is 52.9 Å². The Bertz CT molecular complexity index is 859. The zero-order valence-electron chi connectivity index (χ0n) is 12.5. The number of hydrogen-bond acceptors (Lipinski definition) is 4. The first-order valence-corrected chi connectivity index (χ1v) is 7.63. The van der Waals surface area contributed by atoms with E-state index in [0.29, 0.717) is 17.9 Å². The van der Waals surface area contributed by atoms with Crippen LogP contribution in [0.3, 0.4) is 0 Å². The minimum absolute atomic E-state index is 0.128. The minimum Gasteiger partial charge on any atom is -0.436 e. The fourth-order valence-electron chi connectivity index (χ4n) is 2.09. The highest BCUT2D eigenvalue weighted by molar-refractivity contribution is 7.80. The topological polar surface area (TPSA) is 67.2 Å². The van der Waals surface area contributed by atoms with E-state index in [9.17, 15) is 4.79 Å². The molecule has 3 rings (SSSR count). The van der Waals surface area contributed by atoms with E-state index in [0.717, 1.165) is 16.8 Å². The highest BCUT2D eigenvalue weighted by Gasteiger charge is 2.09. The average Bonchev–Trinajstić information content (AvgIpc) is 2.98. The standard InChI is InChI=1S/C17H15N3O2S/c1-2-15(21)20-17(23)18-12-8-9-14-13(10-12)19-16(22-14)11-6-4-3-5-7-11/h3-10H,2H2,1H3,(H2,18,20,21,23). The second-order valence-corrected chi connectivity index (χ2v) is 5.33. The number of benzene rings is 2. The van der Waals surface area contributed by atoms with Gasteiger partial charge >= 0.3 is 0 Å². The molecule has 23 heavy (non-hydrogen) atoms. The number of carbonyl (C=O) groups is 1. The van der Waals surface area contributed by atoms with Crippen LogP contribution in [-0.4, -0.2) is 16.0 Å². The Morgan fingerprint density at radius 2 is 2.00 bits per heavy atom. The molecule has 1 heterocycles. The quantitative estimate of drug-likeness (QED) is 0.719. The van der Waals surface area contributed by atoms with E-state index >= 15 is 0 Å². The number of nitrogens with zero attached hydrogens (tertiary/aromatic N) is 1. The third-order valence-electron chi connectivity index (χ3n) is 3.24. The lowest BCUT2D eigenvalue weighted by Gasteiger charge is -2.08. The summed E-state index contributed by atoms with van der Waals surface area (Å²) in [5, 5.41) is 5.83. The summed E-state index contributed by atoms with van der Waals surface area (Å²) in [4.78, 5) is 15.8. The molecule has 0 spiro atoms. The molecule has 0 saturated carbocycles. The smallest absolute Gasteiger partial charge is 0.227 e.